The van der Waals surface area contributed by atoms with E-state index in [4.69, 9.17) is 11.6 Å². The standard InChI is InChI=1S/C12H12ClF3N4/c1-3-7(2)8-9(12(14,15)16)18-11(19-10(8)13)20-6-4-5-17-20/h4-7H,3H2,1-2H3. The molecule has 0 bridgehead atoms. The van der Waals surface area contributed by atoms with Crippen LogP contribution in [0.5, 0.6) is 0 Å². The highest BCUT2D eigenvalue weighted by molar-refractivity contribution is 6.30. The van der Waals surface area contributed by atoms with Crippen molar-refractivity contribution in [2.45, 2.75) is 32.4 Å². The number of rotatable bonds is 3. The Morgan fingerprint density at radius 2 is 2.05 bits per heavy atom. The van der Waals surface area contributed by atoms with Crippen LogP contribution in [0.2, 0.25) is 5.15 Å². The molecule has 0 N–H and O–H groups in total. The summed E-state index contributed by atoms with van der Waals surface area (Å²) < 4.78 is 40.6. The maximum absolute atomic E-state index is 13.2. The molecule has 2 aromatic rings. The summed E-state index contributed by atoms with van der Waals surface area (Å²) in [6.45, 7) is 3.44. The molecule has 0 aliphatic heterocycles. The lowest BCUT2D eigenvalue weighted by atomic mass is 9.98. The zero-order valence-corrected chi connectivity index (χ0v) is 11.6. The second-order valence-electron chi connectivity index (χ2n) is 4.33. The monoisotopic (exact) mass is 304 g/mol. The molecule has 2 heterocycles. The number of hydrogen-bond acceptors (Lipinski definition) is 3. The average molecular weight is 305 g/mol. The molecule has 0 aliphatic rings. The van der Waals surface area contributed by atoms with Gasteiger partial charge < -0.3 is 0 Å². The second kappa shape index (κ2) is 5.40. The van der Waals surface area contributed by atoms with E-state index >= 15 is 0 Å². The van der Waals surface area contributed by atoms with Crippen LogP contribution in [-0.4, -0.2) is 19.7 Å². The lowest BCUT2D eigenvalue weighted by molar-refractivity contribution is -0.142. The zero-order valence-electron chi connectivity index (χ0n) is 10.8. The highest BCUT2D eigenvalue weighted by Gasteiger charge is 2.38. The first kappa shape index (κ1) is 14.8. The molecular weight excluding hydrogens is 293 g/mol. The molecule has 0 fully saturated rings. The summed E-state index contributed by atoms with van der Waals surface area (Å²) in [4.78, 5) is 7.51. The van der Waals surface area contributed by atoms with Gasteiger partial charge in [-0.05, 0) is 18.4 Å². The third-order valence-corrected chi connectivity index (χ3v) is 3.26. The molecule has 0 radical (unpaired) electrons. The Morgan fingerprint density at radius 3 is 2.55 bits per heavy atom. The Balaban J connectivity index is 2.66. The number of nitrogens with zero attached hydrogens (tertiary/aromatic N) is 4. The van der Waals surface area contributed by atoms with Crippen LogP contribution >= 0.6 is 11.6 Å². The van der Waals surface area contributed by atoms with Crippen molar-refractivity contribution in [3.8, 4) is 5.95 Å². The Bertz CT molecular complexity index is 595. The van der Waals surface area contributed by atoms with Crippen LogP contribution in [0.25, 0.3) is 5.95 Å². The largest absolute Gasteiger partial charge is 0.433 e. The Kier molecular flexibility index (Phi) is 3.99. The van der Waals surface area contributed by atoms with Gasteiger partial charge in [0.05, 0.1) is 0 Å². The van der Waals surface area contributed by atoms with Gasteiger partial charge in [-0.15, -0.1) is 0 Å². The van der Waals surface area contributed by atoms with Crippen LogP contribution in [0.3, 0.4) is 0 Å². The molecule has 0 saturated heterocycles. The van der Waals surface area contributed by atoms with E-state index in [2.05, 4.69) is 15.1 Å². The number of halogens is 4. The molecule has 2 aromatic heterocycles. The minimum Gasteiger partial charge on any atom is -0.206 e. The normalized spacial score (nSPS) is 13.5. The van der Waals surface area contributed by atoms with Crippen LogP contribution in [-0.2, 0) is 6.18 Å². The van der Waals surface area contributed by atoms with Gasteiger partial charge in [-0.1, -0.05) is 25.4 Å². The first-order valence-corrected chi connectivity index (χ1v) is 6.37. The number of alkyl halides is 3. The lowest BCUT2D eigenvalue weighted by Gasteiger charge is -2.18. The van der Waals surface area contributed by atoms with E-state index in [1.54, 1.807) is 19.9 Å². The topological polar surface area (TPSA) is 43.6 Å². The Morgan fingerprint density at radius 1 is 1.35 bits per heavy atom. The van der Waals surface area contributed by atoms with Crippen LogP contribution in [0.1, 0.15) is 37.4 Å². The fraction of sp³-hybridized carbons (Fsp3) is 0.417. The van der Waals surface area contributed by atoms with Crippen molar-refractivity contribution >= 4 is 11.6 Å². The number of hydrogen-bond donors (Lipinski definition) is 0. The zero-order chi connectivity index (χ0) is 14.9. The third kappa shape index (κ3) is 2.77. The summed E-state index contributed by atoms with van der Waals surface area (Å²) in [5.74, 6) is -0.579. The molecule has 0 amide bonds. The SMILES string of the molecule is CCC(C)c1c(Cl)nc(-n2cccn2)nc1C(F)(F)F. The molecule has 1 unspecified atom stereocenters. The fourth-order valence-corrected chi connectivity index (χ4v) is 2.13. The maximum Gasteiger partial charge on any atom is 0.433 e. The van der Waals surface area contributed by atoms with Gasteiger partial charge in [0.1, 0.15) is 5.15 Å². The first-order chi connectivity index (χ1) is 9.34. The summed E-state index contributed by atoms with van der Waals surface area (Å²) in [5.41, 5.74) is -1.07. The van der Waals surface area contributed by atoms with Gasteiger partial charge >= 0.3 is 6.18 Å². The van der Waals surface area contributed by atoms with E-state index in [1.165, 1.54) is 12.4 Å². The molecule has 8 heteroatoms. The van der Waals surface area contributed by atoms with Crippen molar-refractivity contribution in [2.24, 2.45) is 0 Å². The van der Waals surface area contributed by atoms with Crippen LogP contribution in [0.15, 0.2) is 18.5 Å². The lowest BCUT2D eigenvalue weighted by Crippen LogP contribution is -2.18. The summed E-state index contributed by atoms with van der Waals surface area (Å²) in [6, 6.07) is 1.56. The van der Waals surface area contributed by atoms with Crippen molar-refractivity contribution in [3.05, 3.63) is 34.9 Å². The van der Waals surface area contributed by atoms with Crippen LogP contribution in [0.4, 0.5) is 13.2 Å². The van der Waals surface area contributed by atoms with E-state index in [9.17, 15) is 13.2 Å². The quantitative estimate of drug-likeness (QED) is 0.809. The van der Waals surface area contributed by atoms with Crippen LogP contribution in [0, 0.1) is 0 Å². The molecule has 4 nitrogen and oxygen atoms in total. The first-order valence-electron chi connectivity index (χ1n) is 5.99. The minimum absolute atomic E-state index is 0.0717. The molecule has 0 saturated carbocycles. The summed E-state index contributed by atoms with van der Waals surface area (Å²) in [5, 5.41) is 3.62. The fourth-order valence-electron chi connectivity index (χ4n) is 1.78. The molecule has 0 aliphatic carbocycles. The van der Waals surface area contributed by atoms with Crippen molar-refractivity contribution in [1.29, 1.82) is 0 Å². The van der Waals surface area contributed by atoms with Gasteiger partial charge in [-0.2, -0.15) is 23.3 Å². The molecule has 0 aromatic carbocycles. The van der Waals surface area contributed by atoms with Gasteiger partial charge in [0.25, 0.3) is 5.95 Å². The minimum atomic E-state index is -4.59. The predicted octanol–water partition coefficient (Wildman–Crippen LogP) is 3.85. The van der Waals surface area contributed by atoms with Crippen molar-refractivity contribution in [1.82, 2.24) is 19.7 Å². The molecule has 108 valence electrons. The Labute approximate surface area is 118 Å². The van der Waals surface area contributed by atoms with E-state index in [-0.39, 0.29) is 22.6 Å². The molecular formula is C12H12ClF3N4. The molecule has 0 spiro atoms. The van der Waals surface area contributed by atoms with E-state index in [0.29, 0.717) is 6.42 Å². The van der Waals surface area contributed by atoms with Crippen molar-refractivity contribution in [3.63, 3.8) is 0 Å². The smallest absolute Gasteiger partial charge is 0.206 e. The van der Waals surface area contributed by atoms with Crippen molar-refractivity contribution in [2.75, 3.05) is 0 Å². The maximum atomic E-state index is 13.2. The van der Waals surface area contributed by atoms with Crippen LogP contribution < -0.4 is 0 Å². The molecule has 1 atom stereocenters. The van der Waals surface area contributed by atoms with E-state index in [0.717, 1.165) is 4.68 Å². The molecule has 2 rings (SSSR count). The second-order valence-corrected chi connectivity index (χ2v) is 4.69. The summed E-state index contributed by atoms with van der Waals surface area (Å²) in [6.07, 6.45) is -1.21. The van der Waals surface area contributed by atoms with Gasteiger partial charge in [0, 0.05) is 18.0 Å². The van der Waals surface area contributed by atoms with Crippen molar-refractivity contribution < 1.29 is 13.2 Å². The van der Waals surface area contributed by atoms with Gasteiger partial charge in [-0.25, -0.2) is 9.67 Å². The number of aromatic nitrogens is 4. The summed E-state index contributed by atoms with van der Waals surface area (Å²) in [7, 11) is 0. The predicted molar refractivity (Wildman–Crippen MR) is 67.9 cm³/mol. The average Bonchev–Trinajstić information content (AvgIpc) is 2.89. The van der Waals surface area contributed by atoms with E-state index in [1.807, 2.05) is 0 Å². The molecule has 20 heavy (non-hydrogen) atoms. The third-order valence-electron chi connectivity index (χ3n) is 2.97. The highest BCUT2D eigenvalue weighted by Crippen LogP contribution is 2.38. The van der Waals surface area contributed by atoms with Gasteiger partial charge in [-0.3, -0.25) is 0 Å². The highest BCUT2D eigenvalue weighted by atomic mass is 35.5. The van der Waals surface area contributed by atoms with Gasteiger partial charge in [0.2, 0.25) is 0 Å². The summed E-state index contributed by atoms with van der Waals surface area (Å²) >= 11 is 5.94. The van der Waals surface area contributed by atoms with Gasteiger partial charge in [0.15, 0.2) is 5.69 Å². The Hall–Kier alpha value is -1.63. The van der Waals surface area contributed by atoms with E-state index < -0.39 is 11.9 Å².